The van der Waals surface area contributed by atoms with Gasteiger partial charge >= 0.3 is 5.69 Å². The SMILES string of the molecule is COc1cccc(-n2c(=O)c3sccc3n(Cc3nc(-c4ccc(C(C)(C)C)cc4)no3)c2=O)c1. The fraction of sp³-hybridized carbons (Fsp3) is 0.231. The Hall–Kier alpha value is -3.98. The maximum Gasteiger partial charge on any atom is 0.336 e. The Morgan fingerprint density at radius 1 is 1.06 bits per heavy atom. The summed E-state index contributed by atoms with van der Waals surface area (Å²) >= 11 is 1.28. The van der Waals surface area contributed by atoms with E-state index in [0.29, 0.717) is 27.5 Å². The molecular formula is C26H24N4O4S. The molecule has 0 unspecified atom stereocenters. The topological polar surface area (TPSA) is 92.2 Å². The fourth-order valence-electron chi connectivity index (χ4n) is 3.91. The normalized spacial score (nSPS) is 11.8. The Balaban J connectivity index is 1.55. The molecule has 3 heterocycles. The molecule has 0 aliphatic carbocycles. The van der Waals surface area contributed by atoms with E-state index in [1.54, 1.807) is 35.7 Å². The number of ether oxygens (including phenoxy) is 1. The first-order valence-corrected chi connectivity index (χ1v) is 12.0. The maximum atomic E-state index is 13.5. The lowest BCUT2D eigenvalue weighted by Gasteiger charge is -2.18. The van der Waals surface area contributed by atoms with E-state index in [2.05, 4.69) is 43.0 Å². The zero-order valence-corrected chi connectivity index (χ0v) is 20.6. The van der Waals surface area contributed by atoms with Crippen molar-refractivity contribution < 1.29 is 9.26 Å². The Bertz CT molecular complexity index is 1640. The summed E-state index contributed by atoms with van der Waals surface area (Å²) < 4.78 is 13.8. The first kappa shape index (κ1) is 22.8. The number of hydrogen-bond donors (Lipinski definition) is 0. The van der Waals surface area contributed by atoms with Crippen LogP contribution in [0.25, 0.3) is 27.3 Å². The van der Waals surface area contributed by atoms with Gasteiger partial charge in [0.25, 0.3) is 5.56 Å². The minimum absolute atomic E-state index is 0.0311. The average molecular weight is 489 g/mol. The van der Waals surface area contributed by atoms with Gasteiger partial charge in [-0.1, -0.05) is 56.3 Å². The molecule has 0 fully saturated rings. The molecule has 178 valence electrons. The van der Waals surface area contributed by atoms with Gasteiger partial charge in [-0.05, 0) is 34.6 Å². The monoisotopic (exact) mass is 488 g/mol. The van der Waals surface area contributed by atoms with Crippen molar-refractivity contribution in [2.24, 2.45) is 0 Å². The maximum absolute atomic E-state index is 13.5. The third-order valence-corrected chi connectivity index (χ3v) is 6.73. The highest BCUT2D eigenvalue weighted by Gasteiger charge is 2.19. The number of methoxy groups -OCH3 is 1. The Morgan fingerprint density at radius 3 is 2.54 bits per heavy atom. The molecule has 0 atom stereocenters. The van der Waals surface area contributed by atoms with Crippen LogP contribution in [0.1, 0.15) is 32.2 Å². The van der Waals surface area contributed by atoms with E-state index < -0.39 is 5.69 Å². The fourth-order valence-corrected chi connectivity index (χ4v) is 4.73. The van der Waals surface area contributed by atoms with Gasteiger partial charge < -0.3 is 9.26 Å². The standard InChI is InChI=1S/C26H24N4O4S/c1-26(2,3)17-10-8-16(9-11-17)23-27-21(34-28-23)15-29-20-12-13-35-22(20)24(31)30(25(29)32)18-6-5-7-19(14-18)33-4/h5-14H,15H2,1-4H3. The van der Waals surface area contributed by atoms with Gasteiger partial charge in [0, 0.05) is 11.6 Å². The van der Waals surface area contributed by atoms with Gasteiger partial charge in [0.2, 0.25) is 11.7 Å². The van der Waals surface area contributed by atoms with Crippen molar-refractivity contribution in [2.45, 2.75) is 32.7 Å². The van der Waals surface area contributed by atoms with Crippen molar-refractivity contribution in [3.05, 3.63) is 92.3 Å². The van der Waals surface area contributed by atoms with Gasteiger partial charge in [-0.2, -0.15) is 4.98 Å². The van der Waals surface area contributed by atoms with Gasteiger partial charge in [-0.25, -0.2) is 9.36 Å². The van der Waals surface area contributed by atoms with Crippen molar-refractivity contribution in [1.82, 2.24) is 19.3 Å². The average Bonchev–Trinajstić information content (AvgIpc) is 3.52. The summed E-state index contributed by atoms with van der Waals surface area (Å²) in [5, 5.41) is 5.89. The molecule has 35 heavy (non-hydrogen) atoms. The molecular weight excluding hydrogens is 464 g/mol. The molecule has 0 amide bonds. The highest BCUT2D eigenvalue weighted by molar-refractivity contribution is 7.17. The molecule has 0 aliphatic heterocycles. The second kappa shape index (κ2) is 8.66. The third kappa shape index (κ3) is 4.19. The van der Waals surface area contributed by atoms with Crippen LogP contribution in [0.3, 0.4) is 0 Å². The summed E-state index contributed by atoms with van der Waals surface area (Å²) in [6.07, 6.45) is 0. The van der Waals surface area contributed by atoms with E-state index in [1.807, 2.05) is 12.1 Å². The second-order valence-corrected chi connectivity index (χ2v) is 10.1. The van der Waals surface area contributed by atoms with Crippen LogP contribution in [0.2, 0.25) is 0 Å². The number of aromatic nitrogens is 4. The minimum Gasteiger partial charge on any atom is -0.497 e. The highest BCUT2D eigenvalue weighted by Crippen LogP contribution is 2.25. The van der Waals surface area contributed by atoms with Crippen molar-refractivity contribution in [3.8, 4) is 22.8 Å². The van der Waals surface area contributed by atoms with Crippen molar-refractivity contribution in [2.75, 3.05) is 7.11 Å². The number of rotatable bonds is 5. The molecule has 0 N–H and O–H groups in total. The molecule has 3 aromatic heterocycles. The van der Waals surface area contributed by atoms with E-state index in [1.165, 1.54) is 28.6 Å². The molecule has 0 saturated heterocycles. The Morgan fingerprint density at radius 2 is 1.83 bits per heavy atom. The predicted octanol–water partition coefficient (Wildman–Crippen LogP) is 4.62. The second-order valence-electron chi connectivity index (χ2n) is 9.18. The summed E-state index contributed by atoms with van der Waals surface area (Å²) in [6, 6.07) is 16.6. The summed E-state index contributed by atoms with van der Waals surface area (Å²) in [6.45, 7) is 6.50. The van der Waals surface area contributed by atoms with Crippen LogP contribution in [0.15, 0.2) is 74.1 Å². The summed E-state index contributed by atoms with van der Waals surface area (Å²) in [4.78, 5) is 31.2. The first-order chi connectivity index (χ1) is 16.8. The largest absolute Gasteiger partial charge is 0.497 e. The quantitative estimate of drug-likeness (QED) is 0.359. The summed E-state index contributed by atoms with van der Waals surface area (Å²) in [5.74, 6) is 1.26. The van der Waals surface area contributed by atoms with Crippen LogP contribution in [0, 0.1) is 0 Å². The minimum atomic E-state index is -0.497. The number of fused-ring (bicyclic) bond motifs is 1. The smallest absolute Gasteiger partial charge is 0.336 e. The number of thiophene rings is 1. The first-order valence-electron chi connectivity index (χ1n) is 11.1. The van der Waals surface area contributed by atoms with Gasteiger partial charge in [0.1, 0.15) is 17.0 Å². The van der Waals surface area contributed by atoms with E-state index >= 15 is 0 Å². The Labute approximate surface area is 205 Å². The molecule has 2 aromatic carbocycles. The highest BCUT2D eigenvalue weighted by atomic mass is 32.1. The molecule has 0 saturated carbocycles. The van der Waals surface area contributed by atoms with Gasteiger partial charge in [0.05, 0.1) is 18.3 Å². The molecule has 0 aliphatic rings. The molecule has 5 rings (SSSR count). The van der Waals surface area contributed by atoms with E-state index in [4.69, 9.17) is 9.26 Å². The van der Waals surface area contributed by atoms with Crippen LogP contribution in [-0.4, -0.2) is 26.4 Å². The number of hydrogen-bond acceptors (Lipinski definition) is 7. The molecule has 0 spiro atoms. The molecule has 9 heteroatoms. The summed E-state index contributed by atoms with van der Waals surface area (Å²) in [7, 11) is 1.53. The zero-order chi connectivity index (χ0) is 24.7. The number of nitrogens with zero attached hydrogens (tertiary/aromatic N) is 4. The van der Waals surface area contributed by atoms with Crippen molar-refractivity contribution in [1.29, 1.82) is 0 Å². The van der Waals surface area contributed by atoms with Crippen LogP contribution in [0.5, 0.6) is 5.75 Å². The molecule has 5 aromatic rings. The van der Waals surface area contributed by atoms with Crippen LogP contribution in [0.4, 0.5) is 0 Å². The lowest BCUT2D eigenvalue weighted by Crippen LogP contribution is -2.38. The predicted molar refractivity (Wildman–Crippen MR) is 136 cm³/mol. The van der Waals surface area contributed by atoms with Gasteiger partial charge in [0.15, 0.2) is 0 Å². The van der Waals surface area contributed by atoms with Crippen molar-refractivity contribution in [3.63, 3.8) is 0 Å². The summed E-state index contributed by atoms with van der Waals surface area (Å²) in [5.41, 5.74) is 2.14. The van der Waals surface area contributed by atoms with Gasteiger partial charge in [-0.15, -0.1) is 11.3 Å². The van der Waals surface area contributed by atoms with Gasteiger partial charge in [-0.3, -0.25) is 9.36 Å². The van der Waals surface area contributed by atoms with Crippen LogP contribution < -0.4 is 16.0 Å². The molecule has 0 bridgehead atoms. The van der Waals surface area contributed by atoms with E-state index in [-0.39, 0.29) is 23.4 Å². The van der Waals surface area contributed by atoms with Crippen LogP contribution >= 0.6 is 11.3 Å². The molecule has 0 radical (unpaired) electrons. The van der Waals surface area contributed by atoms with Crippen molar-refractivity contribution >= 4 is 21.6 Å². The van der Waals surface area contributed by atoms with E-state index in [0.717, 1.165) is 10.1 Å². The Kier molecular flexibility index (Phi) is 5.64. The lowest BCUT2D eigenvalue weighted by molar-refractivity contribution is 0.370. The van der Waals surface area contributed by atoms with Crippen LogP contribution in [-0.2, 0) is 12.0 Å². The lowest BCUT2D eigenvalue weighted by atomic mass is 9.87. The molecule has 8 nitrogen and oxygen atoms in total. The zero-order valence-electron chi connectivity index (χ0n) is 19.8. The third-order valence-electron chi connectivity index (χ3n) is 5.84. The number of benzene rings is 2. The van der Waals surface area contributed by atoms with E-state index in [9.17, 15) is 9.59 Å².